The van der Waals surface area contributed by atoms with Gasteiger partial charge in [-0.15, -0.1) is 0 Å². The van der Waals surface area contributed by atoms with E-state index in [-0.39, 0.29) is 23.2 Å². The van der Waals surface area contributed by atoms with Crippen LogP contribution in [0.15, 0.2) is 48.0 Å². The van der Waals surface area contributed by atoms with Crippen LogP contribution in [0.2, 0.25) is 0 Å². The van der Waals surface area contributed by atoms with E-state index in [2.05, 4.69) is 40.7 Å². The largest absolute Gasteiger partial charge is 0.508 e. The van der Waals surface area contributed by atoms with Gasteiger partial charge in [-0.25, -0.2) is 0 Å². The fraction of sp³-hybridized carbons (Fsp3) is 0.690. The lowest BCUT2D eigenvalue weighted by Gasteiger charge is -2.58. The summed E-state index contributed by atoms with van der Waals surface area (Å²) in [6.07, 6.45) is 18.9. The first-order valence-corrected chi connectivity index (χ1v) is 18.8. The number of hydrogen-bond donors (Lipinski definition) is 1. The van der Waals surface area contributed by atoms with Crippen LogP contribution < -0.4 is 4.74 Å². The summed E-state index contributed by atoms with van der Waals surface area (Å²) in [5.74, 6) is 6.13. The standard InChI is InChI=1S/C42H60O4/c1-28(2)9-8-10-29(3)37-18-19-38-36-17-14-32-27-35(20-22-41(32,4)39(36)21-23-42(37,38)5)46-40(44)11-6-7-24-45-34-16-13-30-25-33(43)15-12-31(30)26-34/h12-16,25-26,28-29,35-39,43H,6-11,17-24,27H2,1-5H3/t29-,35+,36+,37-,38+,39+,41+,42-/m1/s1. The third-order valence-electron chi connectivity index (χ3n) is 13.4. The molecule has 0 bridgehead atoms. The highest BCUT2D eigenvalue weighted by atomic mass is 16.5. The molecule has 0 saturated heterocycles. The minimum atomic E-state index is -0.0543. The van der Waals surface area contributed by atoms with Gasteiger partial charge in [0.15, 0.2) is 0 Å². The van der Waals surface area contributed by atoms with Crippen LogP contribution in [0.5, 0.6) is 11.5 Å². The number of carbonyl (C=O) groups is 1. The molecule has 6 rings (SSSR count). The molecule has 3 fully saturated rings. The summed E-state index contributed by atoms with van der Waals surface area (Å²) in [6, 6.07) is 11.2. The number of phenolic OH excluding ortho intramolecular Hbond substituents is 1. The monoisotopic (exact) mass is 628 g/mol. The Morgan fingerprint density at radius 3 is 2.54 bits per heavy atom. The van der Waals surface area contributed by atoms with Gasteiger partial charge in [0.25, 0.3) is 0 Å². The van der Waals surface area contributed by atoms with E-state index >= 15 is 0 Å². The van der Waals surface area contributed by atoms with Gasteiger partial charge in [-0.1, -0.05) is 77.7 Å². The van der Waals surface area contributed by atoms with Crippen LogP contribution in [0.4, 0.5) is 0 Å². The zero-order chi connectivity index (χ0) is 32.5. The molecule has 0 unspecified atom stereocenters. The van der Waals surface area contributed by atoms with Crippen molar-refractivity contribution in [2.24, 2.45) is 46.3 Å². The molecule has 252 valence electrons. The first-order valence-electron chi connectivity index (χ1n) is 18.8. The van der Waals surface area contributed by atoms with E-state index in [1.165, 1.54) is 51.4 Å². The molecule has 46 heavy (non-hydrogen) atoms. The predicted octanol–water partition coefficient (Wildman–Crippen LogP) is 11.0. The summed E-state index contributed by atoms with van der Waals surface area (Å²) < 4.78 is 12.0. The number of rotatable bonds is 12. The van der Waals surface area contributed by atoms with Gasteiger partial charge in [0.1, 0.15) is 17.6 Å². The van der Waals surface area contributed by atoms with E-state index in [9.17, 15) is 9.90 Å². The molecular formula is C42H60O4. The molecule has 0 aliphatic heterocycles. The molecule has 0 heterocycles. The number of benzene rings is 2. The molecule has 1 N–H and O–H groups in total. The van der Waals surface area contributed by atoms with Gasteiger partial charge in [-0.2, -0.15) is 0 Å². The van der Waals surface area contributed by atoms with Crippen LogP contribution in [-0.2, 0) is 9.53 Å². The molecule has 0 aromatic heterocycles. The maximum Gasteiger partial charge on any atom is 0.306 e. The maximum atomic E-state index is 12.8. The first-order chi connectivity index (χ1) is 22.1. The maximum absolute atomic E-state index is 12.8. The Morgan fingerprint density at radius 2 is 1.72 bits per heavy atom. The minimum absolute atomic E-state index is 0.0352. The smallest absolute Gasteiger partial charge is 0.306 e. The van der Waals surface area contributed by atoms with Crippen molar-refractivity contribution in [3.8, 4) is 11.5 Å². The second kappa shape index (κ2) is 13.9. The third kappa shape index (κ3) is 6.88. The molecule has 0 amide bonds. The molecule has 0 spiro atoms. The van der Waals surface area contributed by atoms with E-state index in [1.54, 1.807) is 17.7 Å². The Kier molecular flexibility index (Phi) is 10.1. The predicted molar refractivity (Wildman–Crippen MR) is 188 cm³/mol. The van der Waals surface area contributed by atoms with Crippen molar-refractivity contribution in [1.29, 1.82) is 0 Å². The molecule has 4 nitrogen and oxygen atoms in total. The van der Waals surface area contributed by atoms with Crippen molar-refractivity contribution in [3.05, 3.63) is 48.0 Å². The van der Waals surface area contributed by atoms with Crippen molar-refractivity contribution < 1.29 is 19.4 Å². The molecule has 0 radical (unpaired) electrons. The van der Waals surface area contributed by atoms with E-state index in [0.29, 0.717) is 18.4 Å². The van der Waals surface area contributed by atoms with E-state index < -0.39 is 0 Å². The Hall–Kier alpha value is -2.49. The summed E-state index contributed by atoms with van der Waals surface area (Å²) >= 11 is 0. The zero-order valence-electron chi connectivity index (χ0n) is 29.4. The van der Waals surface area contributed by atoms with Crippen LogP contribution >= 0.6 is 0 Å². The number of carbonyl (C=O) groups excluding carboxylic acids is 1. The fourth-order valence-electron chi connectivity index (χ4n) is 10.9. The van der Waals surface area contributed by atoms with Crippen molar-refractivity contribution in [2.75, 3.05) is 6.61 Å². The van der Waals surface area contributed by atoms with Crippen molar-refractivity contribution in [1.82, 2.24) is 0 Å². The fourth-order valence-corrected chi connectivity index (χ4v) is 10.9. The Morgan fingerprint density at radius 1 is 0.913 bits per heavy atom. The molecule has 4 aliphatic rings. The van der Waals surface area contributed by atoms with Gasteiger partial charge >= 0.3 is 5.97 Å². The molecular weight excluding hydrogens is 568 g/mol. The lowest BCUT2D eigenvalue weighted by Crippen LogP contribution is -2.51. The third-order valence-corrected chi connectivity index (χ3v) is 13.4. The molecule has 3 saturated carbocycles. The second-order valence-corrected chi connectivity index (χ2v) is 16.6. The SMILES string of the molecule is CC(C)CCC[C@@H](C)[C@H]1CC[C@H]2[C@@H]3CC=C4C[C@@H](OC(=O)CCCCOc5ccc6cc(O)ccc6c5)CC[C@]4(C)[C@H]3CC[C@]12C. The van der Waals surface area contributed by atoms with Gasteiger partial charge in [0, 0.05) is 12.8 Å². The van der Waals surface area contributed by atoms with Crippen molar-refractivity contribution in [2.45, 2.75) is 131 Å². The Bertz CT molecular complexity index is 1390. The van der Waals surface area contributed by atoms with Crippen LogP contribution in [0.3, 0.4) is 0 Å². The highest BCUT2D eigenvalue weighted by Crippen LogP contribution is 2.67. The van der Waals surface area contributed by atoms with Crippen LogP contribution in [0.25, 0.3) is 10.8 Å². The molecule has 4 aliphatic carbocycles. The number of phenols is 1. The van der Waals surface area contributed by atoms with Gasteiger partial charge in [-0.3, -0.25) is 4.79 Å². The summed E-state index contributed by atoms with van der Waals surface area (Å²) in [5, 5.41) is 11.7. The average molecular weight is 629 g/mol. The van der Waals surface area contributed by atoms with Gasteiger partial charge in [-0.05, 0) is 139 Å². The van der Waals surface area contributed by atoms with Crippen LogP contribution in [0, 0.1) is 46.3 Å². The van der Waals surface area contributed by atoms with Gasteiger partial charge in [0.05, 0.1) is 6.61 Å². The van der Waals surface area contributed by atoms with Crippen molar-refractivity contribution in [3.63, 3.8) is 0 Å². The quantitative estimate of drug-likeness (QED) is 0.144. The number of aromatic hydroxyl groups is 1. The highest BCUT2D eigenvalue weighted by molar-refractivity contribution is 5.85. The molecule has 2 aromatic rings. The van der Waals surface area contributed by atoms with E-state index in [1.807, 2.05) is 24.3 Å². The number of unbranched alkanes of at least 4 members (excludes halogenated alkanes) is 1. The topological polar surface area (TPSA) is 55.8 Å². The molecule has 2 aromatic carbocycles. The number of fused-ring (bicyclic) bond motifs is 6. The first kappa shape index (κ1) is 33.4. The summed E-state index contributed by atoms with van der Waals surface area (Å²) in [4.78, 5) is 12.8. The number of hydrogen-bond acceptors (Lipinski definition) is 4. The zero-order valence-corrected chi connectivity index (χ0v) is 29.4. The Balaban J connectivity index is 0.961. The molecule has 8 atom stereocenters. The number of ether oxygens (including phenoxy) is 2. The summed E-state index contributed by atoms with van der Waals surface area (Å²) in [5.41, 5.74) is 2.41. The van der Waals surface area contributed by atoms with Gasteiger partial charge < -0.3 is 14.6 Å². The lowest BCUT2D eigenvalue weighted by molar-refractivity contribution is -0.151. The van der Waals surface area contributed by atoms with E-state index in [0.717, 1.165) is 84.1 Å². The number of allylic oxidation sites excluding steroid dienone is 1. The van der Waals surface area contributed by atoms with Crippen LogP contribution in [0.1, 0.15) is 125 Å². The van der Waals surface area contributed by atoms with Crippen molar-refractivity contribution >= 4 is 16.7 Å². The molecule has 4 heteroatoms. The summed E-state index contributed by atoms with van der Waals surface area (Å²) in [7, 11) is 0. The lowest BCUT2D eigenvalue weighted by atomic mass is 9.47. The van der Waals surface area contributed by atoms with Crippen LogP contribution in [-0.4, -0.2) is 23.8 Å². The Labute approximate surface area is 278 Å². The number of esters is 1. The normalized spacial score (nSPS) is 32.7. The average Bonchev–Trinajstić information content (AvgIpc) is 3.38. The van der Waals surface area contributed by atoms with E-state index in [4.69, 9.17) is 9.47 Å². The minimum Gasteiger partial charge on any atom is -0.508 e. The highest BCUT2D eigenvalue weighted by Gasteiger charge is 2.59. The second-order valence-electron chi connectivity index (χ2n) is 16.6. The van der Waals surface area contributed by atoms with Gasteiger partial charge in [0.2, 0.25) is 0 Å². The summed E-state index contributed by atoms with van der Waals surface area (Å²) in [6.45, 7) is 13.1.